The summed E-state index contributed by atoms with van der Waals surface area (Å²) < 4.78 is 70.2. The summed E-state index contributed by atoms with van der Waals surface area (Å²) in [6.07, 6.45) is -4.08. The zero-order valence-corrected chi connectivity index (χ0v) is 19.3. The molecule has 0 saturated carbocycles. The van der Waals surface area contributed by atoms with Crippen molar-refractivity contribution in [2.24, 2.45) is 0 Å². The summed E-state index contributed by atoms with van der Waals surface area (Å²) >= 11 is 0. The van der Waals surface area contributed by atoms with E-state index < -0.39 is 27.7 Å². The Hall–Kier alpha value is -3.53. The zero-order chi connectivity index (χ0) is 24.9. The number of nitrogens with one attached hydrogen (secondary N) is 1. The monoisotopic (exact) mass is 492 g/mol. The van der Waals surface area contributed by atoms with E-state index in [0.717, 1.165) is 16.4 Å². The van der Waals surface area contributed by atoms with E-state index in [-0.39, 0.29) is 17.0 Å². The lowest BCUT2D eigenvalue weighted by molar-refractivity contribution is -0.137. The number of carbonyl (C=O) groups is 1. The van der Waals surface area contributed by atoms with Gasteiger partial charge in [0.1, 0.15) is 5.75 Å². The van der Waals surface area contributed by atoms with Crippen molar-refractivity contribution >= 4 is 21.6 Å². The molecule has 0 aliphatic carbocycles. The number of ether oxygens (including phenoxy) is 1. The van der Waals surface area contributed by atoms with Crippen LogP contribution in [0, 0.1) is 0 Å². The van der Waals surface area contributed by atoms with Crippen molar-refractivity contribution in [1.29, 1.82) is 0 Å². The van der Waals surface area contributed by atoms with Gasteiger partial charge in [0.25, 0.3) is 15.9 Å². The van der Waals surface area contributed by atoms with Crippen LogP contribution in [0.25, 0.3) is 0 Å². The van der Waals surface area contributed by atoms with Gasteiger partial charge in [0.2, 0.25) is 0 Å². The lowest BCUT2D eigenvalue weighted by Gasteiger charge is -2.20. The molecule has 0 heterocycles. The molecular weight excluding hydrogens is 469 g/mol. The molecule has 0 atom stereocenters. The maximum absolute atomic E-state index is 13.0. The number of sulfonamides is 1. The zero-order valence-electron chi connectivity index (χ0n) is 18.5. The Balaban J connectivity index is 1.66. The van der Waals surface area contributed by atoms with Crippen molar-refractivity contribution in [3.63, 3.8) is 0 Å². The summed E-state index contributed by atoms with van der Waals surface area (Å²) in [5.41, 5.74) is 0.465. The smallest absolute Gasteiger partial charge is 0.416 e. The van der Waals surface area contributed by atoms with Gasteiger partial charge in [-0.15, -0.1) is 0 Å². The number of methoxy groups -OCH3 is 1. The van der Waals surface area contributed by atoms with Crippen molar-refractivity contribution < 1.29 is 31.1 Å². The van der Waals surface area contributed by atoms with Crippen LogP contribution in [0.4, 0.5) is 18.9 Å². The maximum Gasteiger partial charge on any atom is 0.416 e. The second-order valence-corrected chi connectivity index (χ2v) is 9.37. The van der Waals surface area contributed by atoms with Crippen LogP contribution in [0.5, 0.6) is 5.75 Å². The molecule has 3 rings (SSSR count). The van der Waals surface area contributed by atoms with Gasteiger partial charge in [-0.3, -0.25) is 9.10 Å². The van der Waals surface area contributed by atoms with Gasteiger partial charge < -0.3 is 10.1 Å². The second-order valence-electron chi connectivity index (χ2n) is 7.40. The SMILES string of the molecule is COc1ccc(N(C)S(=O)(=O)c2cccc(C(=O)NCCc3ccc(C(F)(F)F)cc3)c2)cc1. The summed E-state index contributed by atoms with van der Waals surface area (Å²) in [7, 11) is -1.01. The molecule has 3 aromatic rings. The Kier molecular flexibility index (Phi) is 7.51. The summed E-state index contributed by atoms with van der Waals surface area (Å²) in [5, 5.41) is 2.66. The van der Waals surface area contributed by atoms with Crippen LogP contribution in [0.3, 0.4) is 0 Å². The van der Waals surface area contributed by atoms with E-state index in [0.29, 0.717) is 23.4 Å². The van der Waals surface area contributed by atoms with Crippen LogP contribution < -0.4 is 14.4 Å². The molecular formula is C24H23F3N2O4S. The molecule has 6 nitrogen and oxygen atoms in total. The van der Waals surface area contributed by atoms with Crippen molar-refractivity contribution in [1.82, 2.24) is 5.32 Å². The van der Waals surface area contributed by atoms with Crippen LogP contribution in [-0.4, -0.2) is 35.0 Å². The van der Waals surface area contributed by atoms with Crippen molar-refractivity contribution in [3.05, 3.63) is 89.5 Å². The normalized spacial score (nSPS) is 11.7. The molecule has 0 saturated heterocycles. The third kappa shape index (κ3) is 5.88. The van der Waals surface area contributed by atoms with E-state index >= 15 is 0 Å². The standard InChI is InChI=1S/C24H23F3N2O4S/c1-29(20-10-12-21(33-2)13-11-20)34(31,32)22-5-3-4-18(16-22)23(30)28-15-14-17-6-8-19(9-7-17)24(25,26)27/h3-13,16H,14-15H2,1-2H3,(H,28,30). The molecule has 0 bridgehead atoms. The lowest BCUT2D eigenvalue weighted by atomic mass is 10.1. The van der Waals surface area contributed by atoms with Crippen LogP contribution in [0.15, 0.2) is 77.7 Å². The highest BCUT2D eigenvalue weighted by Crippen LogP contribution is 2.29. The molecule has 0 aliphatic rings. The summed E-state index contributed by atoms with van der Waals surface area (Å²) in [6, 6.07) is 16.8. The number of amides is 1. The number of hydrogen-bond donors (Lipinski definition) is 1. The van der Waals surface area contributed by atoms with Crippen LogP contribution >= 0.6 is 0 Å². The molecule has 10 heteroatoms. The van der Waals surface area contributed by atoms with Crippen LogP contribution in [-0.2, 0) is 22.6 Å². The number of benzene rings is 3. The van der Waals surface area contributed by atoms with Gasteiger partial charge >= 0.3 is 6.18 Å². The number of carbonyl (C=O) groups excluding carboxylic acids is 1. The Morgan fingerprint density at radius 1 is 1.00 bits per heavy atom. The minimum absolute atomic E-state index is 0.0544. The average Bonchev–Trinajstić information content (AvgIpc) is 2.83. The molecule has 1 amide bonds. The van der Waals surface area contributed by atoms with E-state index in [1.807, 2.05) is 0 Å². The highest BCUT2D eigenvalue weighted by molar-refractivity contribution is 7.92. The molecule has 1 N–H and O–H groups in total. The largest absolute Gasteiger partial charge is 0.497 e. The molecule has 0 fully saturated rings. The maximum atomic E-state index is 13.0. The predicted octanol–water partition coefficient (Wildman–Crippen LogP) is 4.51. The van der Waals surface area contributed by atoms with Gasteiger partial charge in [-0.2, -0.15) is 13.2 Å². The van der Waals surface area contributed by atoms with E-state index in [4.69, 9.17) is 4.74 Å². The van der Waals surface area contributed by atoms with Gasteiger partial charge in [-0.25, -0.2) is 8.42 Å². The van der Waals surface area contributed by atoms with Crippen molar-refractivity contribution in [2.45, 2.75) is 17.5 Å². The molecule has 0 radical (unpaired) electrons. The van der Waals surface area contributed by atoms with E-state index in [2.05, 4.69) is 5.32 Å². The van der Waals surface area contributed by atoms with E-state index in [1.54, 1.807) is 24.3 Å². The first-order valence-corrected chi connectivity index (χ1v) is 11.6. The quantitative estimate of drug-likeness (QED) is 0.502. The first-order chi connectivity index (χ1) is 16.0. The number of rotatable bonds is 8. The molecule has 180 valence electrons. The Morgan fingerprint density at radius 3 is 2.24 bits per heavy atom. The summed E-state index contributed by atoms with van der Waals surface area (Å²) in [4.78, 5) is 12.5. The summed E-state index contributed by atoms with van der Waals surface area (Å²) in [5.74, 6) is 0.0978. The fraction of sp³-hybridized carbons (Fsp3) is 0.208. The topological polar surface area (TPSA) is 75.7 Å². The van der Waals surface area contributed by atoms with Crippen molar-refractivity contribution in [3.8, 4) is 5.75 Å². The number of alkyl halides is 3. The molecule has 3 aromatic carbocycles. The number of hydrogen-bond acceptors (Lipinski definition) is 4. The minimum Gasteiger partial charge on any atom is -0.497 e. The fourth-order valence-corrected chi connectivity index (χ4v) is 4.41. The van der Waals surface area contributed by atoms with Gasteiger partial charge in [-0.1, -0.05) is 18.2 Å². The van der Waals surface area contributed by atoms with E-state index in [9.17, 15) is 26.4 Å². The lowest BCUT2D eigenvalue weighted by Crippen LogP contribution is -2.28. The second kappa shape index (κ2) is 10.2. The van der Waals surface area contributed by atoms with Gasteiger partial charge in [0.05, 0.1) is 23.3 Å². The third-order valence-corrected chi connectivity index (χ3v) is 6.95. The molecule has 0 aliphatic heterocycles. The summed E-state index contributed by atoms with van der Waals surface area (Å²) in [6.45, 7) is 0.174. The Morgan fingerprint density at radius 2 is 1.65 bits per heavy atom. The van der Waals surface area contributed by atoms with E-state index in [1.165, 1.54) is 50.6 Å². The molecule has 0 aromatic heterocycles. The van der Waals surface area contributed by atoms with Gasteiger partial charge in [0, 0.05) is 19.2 Å². The highest BCUT2D eigenvalue weighted by atomic mass is 32.2. The Bertz CT molecular complexity index is 1240. The number of halogens is 3. The molecule has 34 heavy (non-hydrogen) atoms. The molecule has 0 spiro atoms. The fourth-order valence-electron chi connectivity index (χ4n) is 3.17. The Labute approximate surface area is 196 Å². The minimum atomic E-state index is -4.40. The average molecular weight is 493 g/mol. The molecule has 0 unspecified atom stereocenters. The van der Waals surface area contributed by atoms with Crippen molar-refractivity contribution in [2.75, 3.05) is 25.0 Å². The highest BCUT2D eigenvalue weighted by Gasteiger charge is 2.29. The van der Waals surface area contributed by atoms with Crippen LogP contribution in [0.1, 0.15) is 21.5 Å². The number of anilines is 1. The third-order valence-electron chi connectivity index (χ3n) is 5.17. The van der Waals surface area contributed by atoms with Gasteiger partial charge in [-0.05, 0) is 66.6 Å². The first kappa shape index (κ1) is 25.1. The van der Waals surface area contributed by atoms with Gasteiger partial charge in [0.15, 0.2) is 0 Å². The first-order valence-electron chi connectivity index (χ1n) is 10.2. The predicted molar refractivity (Wildman–Crippen MR) is 123 cm³/mol. The number of nitrogens with zero attached hydrogens (tertiary/aromatic N) is 1. The van der Waals surface area contributed by atoms with Crippen LogP contribution in [0.2, 0.25) is 0 Å².